The lowest BCUT2D eigenvalue weighted by Crippen LogP contribution is -2.40. The summed E-state index contributed by atoms with van der Waals surface area (Å²) in [6.07, 6.45) is -1.34. The molecule has 2 saturated heterocycles. The minimum Gasteiger partial charge on any atom is -0.390 e. The summed E-state index contributed by atoms with van der Waals surface area (Å²) in [6, 6.07) is -0.760. The Hall–Kier alpha value is -2.26. The van der Waals surface area contributed by atoms with Crippen molar-refractivity contribution < 1.29 is 112 Å². The highest BCUT2D eigenvalue weighted by Crippen LogP contribution is 2.67. The first-order valence-electron chi connectivity index (χ1n) is 18.7. The number of hydrogen-bond donors (Lipinski definition) is 14. The molecular weight excluding hydrogens is 1180 g/mol. The van der Waals surface area contributed by atoms with Gasteiger partial charge < -0.3 is 70.5 Å². The van der Waals surface area contributed by atoms with E-state index in [1.165, 1.54) is 6.20 Å². The lowest BCUT2D eigenvalue weighted by Gasteiger charge is -2.19. The normalized spacial score (nSPS) is 23.4. The number of phosphoric ester groups is 2. The molecule has 0 saturated carbocycles. The van der Waals surface area contributed by atoms with Crippen LogP contribution in [-0.2, 0) is 67.9 Å². The molecule has 35 nitrogen and oxygen atoms in total. The van der Waals surface area contributed by atoms with Crippen molar-refractivity contribution in [3.05, 3.63) is 63.2 Å². The fraction of sp³-hybridized carbons (Fsp3) is 0.593. The Morgan fingerprint density at radius 1 is 0.783 bits per heavy atom. The number of amides is 1. The maximum absolute atomic E-state index is 12.3. The molecule has 2 aliphatic rings. The van der Waals surface area contributed by atoms with E-state index >= 15 is 0 Å². The molecule has 69 heavy (non-hydrogen) atoms. The molecule has 0 aliphatic carbocycles. The van der Waals surface area contributed by atoms with E-state index in [1.54, 1.807) is 22.6 Å². The molecule has 1 amide bonds. The number of aliphatic hydroxyl groups is 1. The Morgan fingerprint density at radius 2 is 1.32 bits per heavy atom. The van der Waals surface area contributed by atoms with Crippen LogP contribution in [0.5, 0.6) is 0 Å². The summed E-state index contributed by atoms with van der Waals surface area (Å²) in [5.41, 5.74) is 7.86. The molecule has 16 N–H and O–H groups in total. The second-order valence-corrected chi connectivity index (χ2v) is 23.8. The predicted octanol–water partition coefficient (Wildman–Crippen LogP) is -2.39. The molecule has 392 valence electrons. The molecule has 4 heterocycles. The predicted molar refractivity (Wildman–Crippen MR) is 233 cm³/mol. The number of aliphatic hydroxyl groups excluding tert-OH is 1. The fourth-order valence-corrected chi connectivity index (χ4v) is 12.0. The van der Waals surface area contributed by atoms with E-state index in [1.807, 2.05) is 4.98 Å². The number of ether oxygens (including phenoxy) is 2. The van der Waals surface area contributed by atoms with Gasteiger partial charge in [0, 0.05) is 18.8 Å². The van der Waals surface area contributed by atoms with Gasteiger partial charge in [-0.05, 0) is 54.8 Å². The van der Waals surface area contributed by atoms with Gasteiger partial charge in [-0.3, -0.25) is 42.5 Å². The van der Waals surface area contributed by atoms with Crippen LogP contribution < -0.4 is 39.3 Å². The van der Waals surface area contributed by atoms with E-state index in [2.05, 4.69) is 48.4 Å². The molecule has 0 aromatic carbocycles. The van der Waals surface area contributed by atoms with Gasteiger partial charge in [0.1, 0.15) is 24.1 Å². The summed E-state index contributed by atoms with van der Waals surface area (Å²) >= 11 is 1.72. The van der Waals surface area contributed by atoms with Crippen LogP contribution in [0, 0.1) is 15.4 Å². The van der Waals surface area contributed by atoms with Gasteiger partial charge in [0.2, 0.25) is 5.91 Å². The van der Waals surface area contributed by atoms with Crippen molar-refractivity contribution in [1.82, 2.24) is 24.4 Å². The molecule has 42 heteroatoms. The minimum atomic E-state index is -5.75. The molecule has 6 unspecified atom stereocenters. The van der Waals surface area contributed by atoms with Gasteiger partial charge in [-0.2, -0.15) is 17.2 Å². The van der Waals surface area contributed by atoms with Crippen molar-refractivity contribution in [2.24, 2.45) is 11.5 Å². The van der Waals surface area contributed by atoms with Crippen molar-refractivity contribution >= 4 is 75.4 Å². The Kier molecular flexibility index (Phi) is 22.6. The van der Waals surface area contributed by atoms with E-state index < -0.39 is 125 Å². The Bertz CT molecular complexity index is 2750. The minimum absolute atomic E-state index is 0.163. The average molecular weight is 1230 g/mol. The average Bonchev–Trinajstić information content (AvgIpc) is 3.80. The standard InChI is InChI=1S/C18H30N5O15P3.C9H14IN2O13P3/c19-6-2-1-5-12(20)17(26)21-7-3-4-11-9-23(18(27)22-16(11)25)15-8-13(24)14(36-15)10-35-40(31,32)38-41(33,34)37-39(28,29)30;10-6-3-12(9(14)11-8(6)13)7-2-1-5(23-7)4-22-27(18,19)25-28(20,21)24-26(15,16)17/h9,12-15,24H,1-2,5-8,10,19-20H2,(H,21,26)(H,31,32)(H,33,34)(H,22,25,27)(H2,28,29,30);3,5,7H,1-2,4H2,(H,18,19)(H,20,21)(H,11,13,14)(H2,15,16,17)/t12?,13?,14-,15-;5-,7+/m10/s1. The quantitative estimate of drug-likeness (QED) is 0.0253. The Morgan fingerprint density at radius 3 is 1.87 bits per heavy atom. The molecule has 2 aliphatic heterocycles. The number of nitrogens with two attached hydrogens (primary N) is 2. The second kappa shape index (κ2) is 25.6. The number of nitrogens with zero attached hydrogens (tertiary/aromatic N) is 2. The van der Waals surface area contributed by atoms with Crippen LogP contribution in [0.25, 0.3) is 0 Å². The van der Waals surface area contributed by atoms with Crippen LogP contribution in [-0.4, -0.2) is 120 Å². The van der Waals surface area contributed by atoms with Crippen molar-refractivity contribution in [3.63, 3.8) is 0 Å². The van der Waals surface area contributed by atoms with Crippen molar-refractivity contribution in [3.8, 4) is 11.8 Å². The number of unbranched alkanes of at least 4 members (excludes halogenated alkanes) is 1. The highest BCUT2D eigenvalue weighted by Gasteiger charge is 2.44. The van der Waals surface area contributed by atoms with Crippen LogP contribution >= 0.6 is 69.5 Å². The third kappa shape index (κ3) is 21.8. The van der Waals surface area contributed by atoms with E-state index in [9.17, 15) is 71.1 Å². The van der Waals surface area contributed by atoms with Gasteiger partial charge in [-0.1, -0.05) is 18.3 Å². The summed E-state index contributed by atoms with van der Waals surface area (Å²) < 4.78 is 104. The first kappa shape index (κ1) is 61.0. The molecule has 0 spiro atoms. The maximum Gasteiger partial charge on any atom is 0.490 e. The first-order chi connectivity index (χ1) is 31.6. The molecule has 2 aromatic rings. The maximum atomic E-state index is 12.3. The number of hydrogen-bond acceptors (Lipinski definition) is 22. The summed E-state index contributed by atoms with van der Waals surface area (Å²) in [4.78, 5) is 135. The third-order valence-corrected chi connectivity index (χ3v) is 16.7. The largest absolute Gasteiger partial charge is 0.490 e. The molecule has 0 bridgehead atoms. The molecule has 2 fully saturated rings. The van der Waals surface area contributed by atoms with Crippen LogP contribution in [0.3, 0.4) is 0 Å². The zero-order chi connectivity index (χ0) is 52.3. The summed E-state index contributed by atoms with van der Waals surface area (Å²) in [7, 11) is -33.1. The number of halogens is 1. The Balaban J connectivity index is 0.000000392. The van der Waals surface area contributed by atoms with Crippen LogP contribution in [0.15, 0.2) is 31.6 Å². The number of aromatic nitrogens is 4. The van der Waals surface area contributed by atoms with E-state index in [0.29, 0.717) is 19.4 Å². The van der Waals surface area contributed by atoms with Crippen LogP contribution in [0.1, 0.15) is 56.5 Å². The van der Waals surface area contributed by atoms with Gasteiger partial charge in [-0.15, -0.1) is 0 Å². The van der Waals surface area contributed by atoms with Gasteiger partial charge in [0.05, 0.1) is 41.6 Å². The van der Waals surface area contributed by atoms with E-state index in [-0.39, 0.29) is 34.9 Å². The van der Waals surface area contributed by atoms with Crippen molar-refractivity contribution in [1.29, 1.82) is 0 Å². The molecule has 2 aromatic heterocycles. The number of rotatable bonds is 22. The highest BCUT2D eigenvalue weighted by molar-refractivity contribution is 14.1. The second-order valence-electron chi connectivity index (χ2n) is 13.8. The number of carbonyl (C=O) groups is 1. The van der Waals surface area contributed by atoms with Crippen LogP contribution in [0.2, 0.25) is 0 Å². The van der Waals surface area contributed by atoms with Gasteiger partial charge in [-0.25, -0.2) is 37.0 Å². The number of nitrogens with one attached hydrogen (secondary N) is 3. The zero-order valence-corrected chi connectivity index (χ0v) is 42.1. The fourth-order valence-electron chi connectivity index (χ4n) is 5.51. The third-order valence-electron chi connectivity index (χ3n) is 8.34. The summed E-state index contributed by atoms with van der Waals surface area (Å²) in [6.45, 7) is -1.26. The molecule has 0 radical (unpaired) electrons. The summed E-state index contributed by atoms with van der Waals surface area (Å²) in [5.74, 6) is 4.57. The number of aromatic amines is 2. The monoisotopic (exact) mass is 1230 g/mol. The zero-order valence-electron chi connectivity index (χ0n) is 34.6. The van der Waals surface area contributed by atoms with Crippen molar-refractivity contribution in [2.75, 3.05) is 26.3 Å². The molecule has 4 rings (SSSR count). The summed E-state index contributed by atoms with van der Waals surface area (Å²) in [5, 5.41) is 12.7. The van der Waals surface area contributed by atoms with Crippen molar-refractivity contribution in [2.45, 2.75) is 75.3 Å². The lowest BCUT2D eigenvalue weighted by atomic mass is 10.1. The van der Waals surface area contributed by atoms with E-state index in [4.69, 9.17) is 45.4 Å². The lowest BCUT2D eigenvalue weighted by molar-refractivity contribution is -0.122. The van der Waals surface area contributed by atoms with Gasteiger partial charge >= 0.3 is 58.3 Å². The van der Waals surface area contributed by atoms with Crippen LogP contribution in [0.4, 0.5) is 0 Å². The SMILES string of the molecule is NCCCCC(N)C(=O)NCC#Cc1cn([C@H]2CC(O)[C@@H](COP(=O)(O)OP(=O)(O)OP(=O)(O)O)O2)c(=O)[nH]c1=O.O=c1[nH]c(=O)n([C@H]2CC[C@@H](COP(=O)(O)OP(=O)(O)OP(=O)(O)O)O2)cc1I. The smallest absolute Gasteiger partial charge is 0.390 e. The van der Waals surface area contributed by atoms with E-state index in [0.717, 1.165) is 21.8 Å². The van der Waals surface area contributed by atoms with Gasteiger partial charge in [0.25, 0.3) is 11.1 Å². The first-order valence-corrected chi connectivity index (χ1v) is 28.9. The topological polar surface area (TPSA) is 549 Å². The molecule has 10 atom stereocenters. The number of phosphoric acid groups is 6. The number of H-pyrrole nitrogens is 2. The molecular formula is C27H44IN7O28P6. The highest BCUT2D eigenvalue weighted by atomic mass is 127. The Labute approximate surface area is 398 Å². The van der Waals surface area contributed by atoms with Gasteiger partial charge in [0.15, 0.2) is 0 Å². The number of carbonyl (C=O) groups excluding carboxylic acids is 1.